The van der Waals surface area contributed by atoms with Gasteiger partial charge < -0.3 is 0 Å². The Morgan fingerprint density at radius 3 is 1.54 bits per heavy atom. The minimum Gasteiger partial charge on any atom is -0.289 e. The second-order valence-corrected chi connectivity index (χ2v) is 10.2. The zero-order valence-corrected chi connectivity index (χ0v) is 22.3. The van der Waals surface area contributed by atoms with Gasteiger partial charge in [-0.05, 0) is 23.3 Å². The number of hydrogen-bond donors (Lipinski definition) is 0. The Kier molecular flexibility index (Phi) is 5.71. The average Bonchev–Trinajstić information content (AvgIpc) is 3.31. The lowest BCUT2D eigenvalue weighted by Crippen LogP contribution is -2.00. The van der Waals surface area contributed by atoms with E-state index in [1.54, 1.807) is 0 Å². The molecule has 184 valence electrons. The van der Waals surface area contributed by atoms with Gasteiger partial charge in [-0.2, -0.15) is 0 Å². The van der Waals surface area contributed by atoms with E-state index in [-0.39, 0.29) is 5.78 Å². The molecule has 1 aromatic heterocycles. The quantitative estimate of drug-likeness (QED) is 0.214. The number of carbonyl (C=O) groups is 1. The number of fused-ring (bicyclic) bond motifs is 3. The van der Waals surface area contributed by atoms with Crippen LogP contribution in [0, 0.1) is 0 Å². The van der Waals surface area contributed by atoms with Gasteiger partial charge in [-0.3, -0.25) is 4.79 Å². The molecule has 0 radical (unpaired) electrons. The molecule has 0 fully saturated rings. The van der Waals surface area contributed by atoms with Crippen molar-refractivity contribution in [2.75, 3.05) is 0 Å². The van der Waals surface area contributed by atoms with Crippen LogP contribution in [0.2, 0.25) is 0 Å². The largest absolute Gasteiger partial charge is 0.289 e. The first kappa shape index (κ1) is 23.4. The summed E-state index contributed by atoms with van der Waals surface area (Å²) < 4.78 is 0.910. The summed E-state index contributed by atoms with van der Waals surface area (Å²) in [5, 5.41) is 0. The topological polar surface area (TPSA) is 55.7 Å². The molecule has 1 aliphatic rings. The number of nitrogens with zero attached hydrogens (tertiary/aromatic N) is 3. The van der Waals surface area contributed by atoms with Crippen LogP contribution in [-0.2, 0) is 0 Å². The highest BCUT2D eigenvalue weighted by Gasteiger charge is 2.30. The molecule has 1 aliphatic carbocycles. The van der Waals surface area contributed by atoms with E-state index < -0.39 is 0 Å². The first-order valence-electron chi connectivity index (χ1n) is 12.6. The van der Waals surface area contributed by atoms with Crippen molar-refractivity contribution in [3.8, 4) is 56.4 Å². The third-order valence-corrected chi connectivity index (χ3v) is 7.61. The fourth-order valence-electron chi connectivity index (χ4n) is 5.13. The normalized spacial score (nSPS) is 11.8. The molecule has 0 saturated heterocycles. The van der Waals surface area contributed by atoms with Gasteiger partial charge in [0.15, 0.2) is 23.3 Å². The molecule has 6 aromatic rings. The Morgan fingerprint density at radius 2 is 0.897 bits per heavy atom. The van der Waals surface area contributed by atoms with Gasteiger partial charge in [-0.15, -0.1) is 0 Å². The Bertz CT molecular complexity index is 1830. The van der Waals surface area contributed by atoms with Crippen molar-refractivity contribution < 1.29 is 4.79 Å². The summed E-state index contributed by atoms with van der Waals surface area (Å²) in [5.41, 5.74) is 8.05. The summed E-state index contributed by atoms with van der Waals surface area (Å²) >= 11 is 3.68. The Labute approximate surface area is 234 Å². The first-order chi connectivity index (χ1) is 19.2. The lowest BCUT2D eigenvalue weighted by Gasteiger charge is -2.12. The highest BCUT2D eigenvalue weighted by molar-refractivity contribution is 9.10. The standard InChI is InChI=1S/C34H20BrN3O/c35-28-19-9-18-27-30(28)29-25(16-8-17-26(29)31(27)39)23-14-7-15-24(20-23)34-37-32(21-10-3-1-4-11-21)36-33(38-34)22-12-5-2-6-13-22/h1-20H. The molecular weight excluding hydrogens is 546 g/mol. The monoisotopic (exact) mass is 565 g/mol. The van der Waals surface area contributed by atoms with Gasteiger partial charge in [0, 0.05) is 43.4 Å². The summed E-state index contributed by atoms with van der Waals surface area (Å²) in [7, 11) is 0. The van der Waals surface area contributed by atoms with Gasteiger partial charge in [0.2, 0.25) is 0 Å². The second-order valence-electron chi connectivity index (χ2n) is 9.34. The fourth-order valence-corrected chi connectivity index (χ4v) is 5.69. The summed E-state index contributed by atoms with van der Waals surface area (Å²) in [6, 6.07) is 39.8. The lowest BCUT2D eigenvalue weighted by molar-refractivity contribution is 0.104. The van der Waals surface area contributed by atoms with E-state index in [4.69, 9.17) is 15.0 Å². The SMILES string of the molecule is O=C1c2cccc(Br)c2-c2c1cccc2-c1cccc(-c2nc(-c3ccccc3)nc(-c3ccccc3)n2)c1. The van der Waals surface area contributed by atoms with E-state index in [0.717, 1.165) is 54.5 Å². The highest BCUT2D eigenvalue weighted by Crippen LogP contribution is 2.46. The molecule has 0 amide bonds. The molecule has 5 aromatic carbocycles. The molecule has 0 saturated carbocycles. The molecule has 4 nitrogen and oxygen atoms in total. The van der Waals surface area contributed by atoms with Gasteiger partial charge in [0.25, 0.3) is 0 Å². The zero-order valence-electron chi connectivity index (χ0n) is 20.7. The van der Waals surface area contributed by atoms with Crippen molar-refractivity contribution in [3.63, 3.8) is 0 Å². The molecule has 0 aliphatic heterocycles. The van der Waals surface area contributed by atoms with E-state index in [1.165, 1.54) is 0 Å². The summed E-state index contributed by atoms with van der Waals surface area (Å²) in [6.45, 7) is 0. The number of rotatable bonds is 4. The van der Waals surface area contributed by atoms with Crippen LogP contribution in [-0.4, -0.2) is 20.7 Å². The molecule has 0 atom stereocenters. The average molecular weight is 566 g/mol. The van der Waals surface area contributed by atoms with Crippen LogP contribution in [0.15, 0.2) is 126 Å². The number of aromatic nitrogens is 3. The number of hydrogen-bond acceptors (Lipinski definition) is 4. The first-order valence-corrected chi connectivity index (χ1v) is 13.4. The van der Waals surface area contributed by atoms with Crippen molar-refractivity contribution >= 4 is 21.7 Å². The maximum Gasteiger partial charge on any atom is 0.194 e. The van der Waals surface area contributed by atoms with Crippen LogP contribution >= 0.6 is 15.9 Å². The number of ketones is 1. The third-order valence-electron chi connectivity index (χ3n) is 6.95. The van der Waals surface area contributed by atoms with Crippen molar-refractivity contribution in [3.05, 3.63) is 137 Å². The lowest BCUT2D eigenvalue weighted by atomic mass is 9.93. The Morgan fingerprint density at radius 1 is 0.436 bits per heavy atom. The number of benzene rings is 5. The Balaban J connectivity index is 1.40. The molecule has 1 heterocycles. The van der Waals surface area contributed by atoms with E-state index >= 15 is 0 Å². The highest BCUT2D eigenvalue weighted by atomic mass is 79.9. The predicted octanol–water partition coefficient (Wildman–Crippen LogP) is 8.51. The van der Waals surface area contributed by atoms with Crippen molar-refractivity contribution in [2.24, 2.45) is 0 Å². The molecule has 0 spiro atoms. The van der Waals surface area contributed by atoms with Gasteiger partial charge in [-0.1, -0.05) is 125 Å². The number of carbonyl (C=O) groups excluding carboxylic acids is 1. The zero-order chi connectivity index (χ0) is 26.3. The fraction of sp³-hybridized carbons (Fsp3) is 0. The van der Waals surface area contributed by atoms with Crippen LogP contribution in [0.4, 0.5) is 0 Å². The number of halogens is 1. The van der Waals surface area contributed by atoms with Gasteiger partial charge in [0.05, 0.1) is 0 Å². The summed E-state index contributed by atoms with van der Waals surface area (Å²) in [5.74, 6) is 1.88. The van der Waals surface area contributed by atoms with Crippen molar-refractivity contribution in [1.82, 2.24) is 15.0 Å². The van der Waals surface area contributed by atoms with E-state index in [1.807, 2.05) is 103 Å². The molecule has 5 heteroatoms. The smallest absolute Gasteiger partial charge is 0.194 e. The third kappa shape index (κ3) is 4.08. The van der Waals surface area contributed by atoms with E-state index in [0.29, 0.717) is 17.5 Å². The summed E-state index contributed by atoms with van der Waals surface area (Å²) in [4.78, 5) is 27.8. The van der Waals surface area contributed by atoms with Crippen LogP contribution in [0.3, 0.4) is 0 Å². The predicted molar refractivity (Wildman–Crippen MR) is 158 cm³/mol. The second kappa shape index (κ2) is 9.53. The van der Waals surface area contributed by atoms with Gasteiger partial charge in [-0.25, -0.2) is 15.0 Å². The van der Waals surface area contributed by atoms with Crippen LogP contribution < -0.4 is 0 Å². The molecule has 0 unspecified atom stereocenters. The Hall–Kier alpha value is -4.74. The van der Waals surface area contributed by atoms with Crippen molar-refractivity contribution in [2.45, 2.75) is 0 Å². The molecule has 0 bridgehead atoms. The van der Waals surface area contributed by atoms with Crippen molar-refractivity contribution in [1.29, 1.82) is 0 Å². The van der Waals surface area contributed by atoms with Gasteiger partial charge >= 0.3 is 0 Å². The van der Waals surface area contributed by atoms with Crippen LogP contribution in [0.25, 0.3) is 56.4 Å². The van der Waals surface area contributed by atoms with Crippen LogP contribution in [0.5, 0.6) is 0 Å². The molecule has 0 N–H and O–H groups in total. The molecule has 39 heavy (non-hydrogen) atoms. The van der Waals surface area contributed by atoms with Crippen LogP contribution in [0.1, 0.15) is 15.9 Å². The maximum absolute atomic E-state index is 13.2. The summed E-state index contributed by atoms with van der Waals surface area (Å²) in [6.07, 6.45) is 0. The molecular formula is C34H20BrN3O. The minimum atomic E-state index is 0.0526. The maximum atomic E-state index is 13.2. The van der Waals surface area contributed by atoms with Gasteiger partial charge in [0.1, 0.15) is 0 Å². The molecule has 7 rings (SSSR count). The van der Waals surface area contributed by atoms with E-state index in [2.05, 4.69) is 34.1 Å². The van der Waals surface area contributed by atoms with E-state index in [9.17, 15) is 4.79 Å². The minimum absolute atomic E-state index is 0.0526.